The highest BCUT2D eigenvalue weighted by molar-refractivity contribution is 5.78. The van der Waals surface area contributed by atoms with Gasteiger partial charge in [0.15, 0.2) is 0 Å². The van der Waals surface area contributed by atoms with Crippen molar-refractivity contribution in [3.8, 4) is 0 Å². The predicted octanol–water partition coefficient (Wildman–Crippen LogP) is 15.2. The van der Waals surface area contributed by atoms with Crippen molar-refractivity contribution in [3.63, 3.8) is 0 Å². The van der Waals surface area contributed by atoms with Crippen LogP contribution in [0.5, 0.6) is 0 Å². The summed E-state index contributed by atoms with van der Waals surface area (Å²) in [6.45, 7) is 0. The van der Waals surface area contributed by atoms with E-state index in [2.05, 4.69) is 140 Å². The van der Waals surface area contributed by atoms with Gasteiger partial charge in [0.05, 0.1) is 0 Å². The fourth-order valence-corrected chi connectivity index (χ4v) is 14.1. The first-order chi connectivity index (χ1) is 29.8. The first-order valence-electron chi connectivity index (χ1n) is 23.7. The average molecular weight is 777 g/mol. The van der Waals surface area contributed by atoms with Gasteiger partial charge in [-0.1, -0.05) is 140 Å². The minimum atomic E-state index is 0.383. The van der Waals surface area contributed by atoms with Crippen molar-refractivity contribution >= 4 is 5.57 Å². The molecule has 1 aromatic carbocycles. The van der Waals surface area contributed by atoms with Gasteiger partial charge in [-0.2, -0.15) is 0 Å². The summed E-state index contributed by atoms with van der Waals surface area (Å²) in [5.74, 6) is 3.02. The van der Waals surface area contributed by atoms with Crippen LogP contribution in [-0.2, 0) is 0 Å². The third-order valence-electron chi connectivity index (χ3n) is 16.7. The molecule has 7 unspecified atom stereocenters. The minimum absolute atomic E-state index is 0.383. The third-order valence-corrected chi connectivity index (χ3v) is 16.7. The smallest absolute Gasteiger partial charge is 0.0136 e. The van der Waals surface area contributed by atoms with E-state index in [0.717, 1.165) is 44.9 Å². The first kappa shape index (κ1) is 35.5. The van der Waals surface area contributed by atoms with E-state index < -0.39 is 0 Å². The second kappa shape index (κ2) is 14.2. The Bertz CT molecular complexity index is 2690. The molecular weight excluding hydrogens is 721 g/mol. The molecule has 0 saturated heterocycles. The van der Waals surface area contributed by atoms with Gasteiger partial charge in [-0.3, -0.25) is 0 Å². The minimum Gasteiger partial charge on any atom is -0.0839 e. The van der Waals surface area contributed by atoms with E-state index in [1.54, 1.807) is 89.2 Å². The van der Waals surface area contributed by atoms with Crippen LogP contribution in [0.4, 0.5) is 0 Å². The fourth-order valence-electron chi connectivity index (χ4n) is 14.1. The number of allylic oxidation sites excluding steroid dienone is 34. The van der Waals surface area contributed by atoms with Crippen molar-refractivity contribution < 1.29 is 0 Å². The molecule has 0 heterocycles. The summed E-state index contributed by atoms with van der Waals surface area (Å²) in [5, 5.41) is 0. The maximum Gasteiger partial charge on any atom is 0.0136 e. The summed E-state index contributed by atoms with van der Waals surface area (Å²) in [7, 11) is 0. The molecule has 0 amide bonds. The summed E-state index contributed by atoms with van der Waals surface area (Å²) in [6.07, 6.45) is 63.1. The lowest BCUT2D eigenvalue weighted by molar-refractivity contribution is 0.360. The van der Waals surface area contributed by atoms with E-state index in [1.807, 2.05) is 0 Å². The lowest BCUT2D eigenvalue weighted by atomic mass is 9.56. The third kappa shape index (κ3) is 5.48. The van der Waals surface area contributed by atoms with Crippen molar-refractivity contribution in [2.75, 3.05) is 0 Å². The van der Waals surface area contributed by atoms with E-state index in [1.165, 1.54) is 44.1 Å². The van der Waals surface area contributed by atoms with E-state index in [-0.39, 0.29) is 0 Å². The molecule has 60 heavy (non-hydrogen) atoms. The molecule has 13 rings (SSSR count). The molecule has 12 aliphatic rings. The summed E-state index contributed by atoms with van der Waals surface area (Å²) < 4.78 is 0. The lowest BCUT2D eigenvalue weighted by Gasteiger charge is -2.48. The topological polar surface area (TPSA) is 0 Å². The van der Waals surface area contributed by atoms with Gasteiger partial charge in [-0.25, -0.2) is 0 Å². The molecule has 0 radical (unpaired) electrons. The molecule has 0 aliphatic heterocycles. The molecule has 0 heteroatoms. The average Bonchev–Trinajstić information content (AvgIpc) is 3.32. The van der Waals surface area contributed by atoms with Gasteiger partial charge in [0, 0.05) is 29.6 Å². The van der Waals surface area contributed by atoms with E-state index in [0.29, 0.717) is 41.4 Å². The zero-order valence-corrected chi connectivity index (χ0v) is 35.0. The molecule has 0 aromatic heterocycles. The molecule has 0 spiro atoms. The molecule has 12 aliphatic carbocycles. The maximum absolute atomic E-state index is 2.87. The van der Waals surface area contributed by atoms with Crippen LogP contribution in [-0.4, -0.2) is 0 Å². The van der Waals surface area contributed by atoms with Crippen LogP contribution < -0.4 is 0 Å². The number of rotatable bonds is 3. The molecule has 0 bridgehead atoms. The number of hydrogen-bond acceptors (Lipinski definition) is 0. The second-order valence-corrected chi connectivity index (χ2v) is 19.6. The fraction of sp³-hybridized carbons (Fsp3) is 0.333. The predicted molar refractivity (Wildman–Crippen MR) is 250 cm³/mol. The van der Waals surface area contributed by atoms with Crippen molar-refractivity contribution in [2.45, 2.75) is 89.4 Å². The highest BCUT2D eigenvalue weighted by Gasteiger charge is 2.46. The van der Waals surface area contributed by atoms with Crippen LogP contribution >= 0.6 is 0 Å². The molecule has 0 fully saturated rings. The summed E-state index contributed by atoms with van der Waals surface area (Å²) in [5.41, 5.74) is 27.5. The first-order valence-corrected chi connectivity index (χ1v) is 23.7. The Kier molecular flexibility index (Phi) is 8.41. The highest BCUT2D eigenvalue weighted by atomic mass is 14.5. The van der Waals surface area contributed by atoms with Crippen molar-refractivity contribution in [2.24, 2.45) is 35.5 Å². The van der Waals surface area contributed by atoms with Crippen LogP contribution in [0.15, 0.2) is 218 Å². The van der Waals surface area contributed by atoms with E-state index >= 15 is 0 Å². The van der Waals surface area contributed by atoms with Crippen LogP contribution in [0.2, 0.25) is 0 Å². The zero-order chi connectivity index (χ0) is 39.3. The highest BCUT2D eigenvalue weighted by Crippen LogP contribution is 2.59. The lowest BCUT2D eigenvalue weighted by Crippen LogP contribution is -2.36. The van der Waals surface area contributed by atoms with E-state index in [4.69, 9.17) is 0 Å². The molecule has 296 valence electrons. The Balaban J connectivity index is 0.997. The molecule has 0 saturated carbocycles. The molecule has 7 atom stereocenters. The number of fused-ring (bicyclic) bond motifs is 9. The summed E-state index contributed by atoms with van der Waals surface area (Å²) in [6, 6.07) is 9.53. The molecule has 0 N–H and O–H groups in total. The molecule has 0 nitrogen and oxygen atoms in total. The Hall–Kier alpha value is -5.20. The summed E-state index contributed by atoms with van der Waals surface area (Å²) in [4.78, 5) is 0. The van der Waals surface area contributed by atoms with Gasteiger partial charge in [0.2, 0.25) is 0 Å². The van der Waals surface area contributed by atoms with Crippen LogP contribution in [0.25, 0.3) is 5.57 Å². The Morgan fingerprint density at radius 3 is 2.12 bits per heavy atom. The van der Waals surface area contributed by atoms with Crippen LogP contribution in [0.3, 0.4) is 0 Å². The quantitative estimate of drug-likeness (QED) is 0.287. The molecular formula is C60H56. The standard InChI is InChI=1S/C60H56/c1-4-18-41-37(15-1)31-53(47-24-10-7-21-44(41)47)40-29-30-52-56(34-40)60-36-57(54-32-38-16-2-5-19-42(38)45-22-8-11-25-48(45)54)50-27-13-14-28-51(50)58(60)35-59(52)55-33-39-17-3-6-20-43(39)46-23-9-12-26-49(46)55/h2-4,7,9-14,16-18,21,23-27,31,34-36,44,47,51,54-55,58,60H,1,5-6,8,15,19-20,22,28-30,32-33H2. The number of hydrogen-bond donors (Lipinski definition) is 0. The van der Waals surface area contributed by atoms with Crippen molar-refractivity contribution in [1.29, 1.82) is 0 Å². The number of benzene rings is 1. The monoisotopic (exact) mass is 776 g/mol. The van der Waals surface area contributed by atoms with Gasteiger partial charge in [0.1, 0.15) is 0 Å². The SMILES string of the molecule is C1=CCC2C(=C1)C(C1CC3=C(CCC=C3)C3=C1C=CCC3)=CC1C3=C(CCC(C4=CC5=C(C=CCC5)C5C=CC=CC45)=C3)C(C3CC4=C(CCC=C4)c4ccccc43)=CC12. The molecule has 1 aromatic rings. The Labute approximate surface area is 357 Å². The van der Waals surface area contributed by atoms with Crippen LogP contribution in [0.1, 0.15) is 101 Å². The maximum atomic E-state index is 2.87. The summed E-state index contributed by atoms with van der Waals surface area (Å²) >= 11 is 0. The largest absolute Gasteiger partial charge is 0.0839 e. The van der Waals surface area contributed by atoms with Gasteiger partial charge in [-0.05, 0) is 190 Å². The van der Waals surface area contributed by atoms with Crippen LogP contribution in [0, 0.1) is 35.5 Å². The van der Waals surface area contributed by atoms with Gasteiger partial charge < -0.3 is 0 Å². The Morgan fingerprint density at radius 1 is 0.467 bits per heavy atom. The van der Waals surface area contributed by atoms with Crippen molar-refractivity contribution in [3.05, 3.63) is 229 Å². The second-order valence-electron chi connectivity index (χ2n) is 19.6. The zero-order valence-electron chi connectivity index (χ0n) is 35.0. The van der Waals surface area contributed by atoms with Gasteiger partial charge >= 0.3 is 0 Å². The van der Waals surface area contributed by atoms with Gasteiger partial charge in [0.25, 0.3) is 0 Å². The normalized spacial score (nSPS) is 33.0. The van der Waals surface area contributed by atoms with Crippen molar-refractivity contribution in [1.82, 2.24) is 0 Å². The van der Waals surface area contributed by atoms with Gasteiger partial charge in [-0.15, -0.1) is 0 Å². The van der Waals surface area contributed by atoms with E-state index in [9.17, 15) is 0 Å². The Morgan fingerprint density at radius 2 is 1.22 bits per heavy atom.